The first-order valence-electron chi connectivity index (χ1n) is 8.12. The molecule has 0 saturated carbocycles. The van der Waals surface area contributed by atoms with Crippen molar-refractivity contribution in [2.24, 2.45) is 0 Å². The Labute approximate surface area is 122 Å². The van der Waals surface area contributed by atoms with Gasteiger partial charge in [-0.2, -0.15) is 0 Å². The molecule has 1 aromatic heterocycles. The van der Waals surface area contributed by atoms with Crippen LogP contribution < -0.4 is 5.32 Å². The highest BCUT2D eigenvalue weighted by molar-refractivity contribution is 5.90. The fourth-order valence-electron chi connectivity index (χ4n) is 2.29. The Hall–Kier alpha value is -1.32. The van der Waals surface area contributed by atoms with Crippen molar-refractivity contribution in [1.29, 1.82) is 0 Å². The summed E-state index contributed by atoms with van der Waals surface area (Å²) in [6.07, 6.45) is 16.4. The number of hydrogen-bond donors (Lipinski definition) is 2. The number of imidazole rings is 1. The largest absolute Gasteiger partial charge is 0.349 e. The molecule has 1 rings (SSSR count). The lowest BCUT2D eigenvalue weighted by Gasteiger charge is -2.04. The number of aromatic amines is 1. The summed E-state index contributed by atoms with van der Waals surface area (Å²) in [5.74, 6) is 0.294. The third-order valence-electron chi connectivity index (χ3n) is 3.53. The van der Waals surface area contributed by atoms with Crippen LogP contribution >= 0.6 is 0 Å². The Kier molecular flexibility index (Phi) is 9.62. The molecular weight excluding hydrogens is 250 g/mol. The second kappa shape index (κ2) is 11.5. The summed E-state index contributed by atoms with van der Waals surface area (Å²) < 4.78 is 0. The molecule has 0 aliphatic rings. The molecule has 0 fully saturated rings. The van der Waals surface area contributed by atoms with Crippen LogP contribution in [-0.2, 0) is 0 Å². The van der Waals surface area contributed by atoms with Crippen LogP contribution in [0, 0.1) is 0 Å². The molecule has 1 amide bonds. The van der Waals surface area contributed by atoms with Crippen LogP contribution in [0.2, 0.25) is 0 Å². The molecule has 0 aromatic carbocycles. The van der Waals surface area contributed by atoms with Crippen molar-refractivity contribution in [1.82, 2.24) is 15.3 Å². The fourth-order valence-corrected chi connectivity index (χ4v) is 2.29. The topological polar surface area (TPSA) is 57.8 Å². The Balaban J connectivity index is 1.82. The quantitative estimate of drug-likeness (QED) is 0.567. The molecule has 4 heteroatoms. The standard InChI is InChI=1S/C16H29N3O/c1-2-3-4-5-6-7-8-9-10-11-12-19-16(20)15-17-13-14-18-15/h13-14H,2-12H2,1H3,(H,17,18)(H,19,20). The van der Waals surface area contributed by atoms with Gasteiger partial charge in [0.2, 0.25) is 0 Å². The van der Waals surface area contributed by atoms with Gasteiger partial charge in [0.05, 0.1) is 0 Å². The van der Waals surface area contributed by atoms with E-state index in [0.717, 1.165) is 13.0 Å². The maximum Gasteiger partial charge on any atom is 0.287 e. The van der Waals surface area contributed by atoms with Crippen LogP contribution in [0.4, 0.5) is 0 Å². The summed E-state index contributed by atoms with van der Waals surface area (Å²) in [5.41, 5.74) is 0. The van der Waals surface area contributed by atoms with Crippen molar-refractivity contribution in [3.63, 3.8) is 0 Å². The van der Waals surface area contributed by atoms with Gasteiger partial charge in [-0.25, -0.2) is 4.98 Å². The van der Waals surface area contributed by atoms with Crippen molar-refractivity contribution >= 4 is 5.91 Å². The third-order valence-corrected chi connectivity index (χ3v) is 3.53. The summed E-state index contributed by atoms with van der Waals surface area (Å²) in [4.78, 5) is 18.3. The fraction of sp³-hybridized carbons (Fsp3) is 0.750. The third kappa shape index (κ3) is 7.97. The zero-order valence-corrected chi connectivity index (χ0v) is 12.8. The van der Waals surface area contributed by atoms with E-state index in [9.17, 15) is 4.79 Å². The molecule has 0 saturated heterocycles. The molecule has 0 aliphatic carbocycles. The minimum atomic E-state index is -0.106. The highest BCUT2D eigenvalue weighted by Gasteiger charge is 2.05. The molecule has 0 bridgehead atoms. The molecule has 0 radical (unpaired) electrons. The predicted octanol–water partition coefficient (Wildman–Crippen LogP) is 4.06. The number of carbonyl (C=O) groups is 1. The second-order valence-corrected chi connectivity index (χ2v) is 5.38. The highest BCUT2D eigenvalue weighted by Crippen LogP contribution is 2.10. The lowest BCUT2D eigenvalue weighted by atomic mass is 10.1. The van der Waals surface area contributed by atoms with Gasteiger partial charge in [-0.15, -0.1) is 0 Å². The lowest BCUT2D eigenvalue weighted by molar-refractivity contribution is 0.0943. The van der Waals surface area contributed by atoms with Gasteiger partial charge >= 0.3 is 0 Å². The van der Waals surface area contributed by atoms with Crippen molar-refractivity contribution in [2.45, 2.75) is 71.1 Å². The van der Waals surface area contributed by atoms with Crippen LogP contribution in [0.5, 0.6) is 0 Å². The normalized spacial score (nSPS) is 10.7. The second-order valence-electron chi connectivity index (χ2n) is 5.38. The van der Waals surface area contributed by atoms with Gasteiger partial charge in [0, 0.05) is 18.9 Å². The Morgan fingerprint density at radius 1 is 1.05 bits per heavy atom. The van der Waals surface area contributed by atoms with E-state index in [0.29, 0.717) is 5.82 Å². The number of nitrogens with one attached hydrogen (secondary N) is 2. The summed E-state index contributed by atoms with van der Waals surface area (Å²) in [5, 5.41) is 2.88. The Bertz CT molecular complexity index is 336. The van der Waals surface area contributed by atoms with Crippen LogP contribution in [-0.4, -0.2) is 22.4 Å². The zero-order valence-electron chi connectivity index (χ0n) is 12.8. The summed E-state index contributed by atoms with van der Waals surface area (Å²) in [7, 11) is 0. The maximum absolute atomic E-state index is 11.6. The maximum atomic E-state index is 11.6. The number of carbonyl (C=O) groups excluding carboxylic acids is 1. The number of nitrogens with zero attached hydrogens (tertiary/aromatic N) is 1. The number of unbranched alkanes of at least 4 members (excludes halogenated alkanes) is 9. The molecule has 0 atom stereocenters. The summed E-state index contributed by atoms with van der Waals surface area (Å²) in [6.45, 7) is 3.00. The van der Waals surface area contributed by atoms with E-state index in [-0.39, 0.29) is 5.91 Å². The molecule has 1 aromatic rings. The van der Waals surface area contributed by atoms with Crippen LogP contribution in [0.3, 0.4) is 0 Å². The van der Waals surface area contributed by atoms with E-state index in [1.165, 1.54) is 57.8 Å². The molecule has 2 N–H and O–H groups in total. The minimum absolute atomic E-state index is 0.106. The number of H-pyrrole nitrogens is 1. The van der Waals surface area contributed by atoms with Crippen molar-refractivity contribution in [2.75, 3.05) is 6.54 Å². The van der Waals surface area contributed by atoms with Gasteiger partial charge < -0.3 is 10.3 Å². The molecule has 0 aliphatic heterocycles. The molecule has 20 heavy (non-hydrogen) atoms. The van der Waals surface area contributed by atoms with Crippen LogP contribution in [0.1, 0.15) is 81.8 Å². The van der Waals surface area contributed by atoms with Gasteiger partial charge in [-0.05, 0) is 6.42 Å². The van der Waals surface area contributed by atoms with E-state index in [2.05, 4.69) is 22.2 Å². The summed E-state index contributed by atoms with van der Waals surface area (Å²) >= 11 is 0. The monoisotopic (exact) mass is 279 g/mol. The number of hydrogen-bond acceptors (Lipinski definition) is 2. The van der Waals surface area contributed by atoms with Gasteiger partial charge in [0.25, 0.3) is 5.91 Å². The van der Waals surface area contributed by atoms with E-state index in [4.69, 9.17) is 0 Å². The Morgan fingerprint density at radius 3 is 2.20 bits per heavy atom. The number of amides is 1. The number of aromatic nitrogens is 2. The first-order chi connectivity index (χ1) is 9.84. The van der Waals surface area contributed by atoms with Gasteiger partial charge in [-0.3, -0.25) is 4.79 Å². The molecular formula is C16H29N3O. The van der Waals surface area contributed by atoms with E-state index in [1.54, 1.807) is 12.4 Å². The van der Waals surface area contributed by atoms with Crippen LogP contribution in [0.25, 0.3) is 0 Å². The minimum Gasteiger partial charge on any atom is -0.349 e. The molecule has 1 heterocycles. The highest BCUT2D eigenvalue weighted by atomic mass is 16.2. The molecule has 114 valence electrons. The van der Waals surface area contributed by atoms with E-state index >= 15 is 0 Å². The first kappa shape index (κ1) is 16.7. The Morgan fingerprint density at radius 2 is 1.65 bits per heavy atom. The van der Waals surface area contributed by atoms with Gasteiger partial charge in [0.1, 0.15) is 0 Å². The summed E-state index contributed by atoms with van der Waals surface area (Å²) in [6, 6.07) is 0. The molecule has 0 spiro atoms. The van der Waals surface area contributed by atoms with E-state index < -0.39 is 0 Å². The first-order valence-corrected chi connectivity index (χ1v) is 8.12. The van der Waals surface area contributed by atoms with E-state index in [1.807, 2.05) is 0 Å². The van der Waals surface area contributed by atoms with Crippen molar-refractivity contribution in [3.8, 4) is 0 Å². The SMILES string of the molecule is CCCCCCCCCCCCNC(=O)c1ncc[nH]1. The average molecular weight is 279 g/mol. The average Bonchev–Trinajstić information content (AvgIpc) is 2.99. The molecule has 4 nitrogen and oxygen atoms in total. The van der Waals surface area contributed by atoms with Crippen molar-refractivity contribution < 1.29 is 4.79 Å². The predicted molar refractivity (Wildman–Crippen MR) is 82.8 cm³/mol. The lowest BCUT2D eigenvalue weighted by Crippen LogP contribution is -2.25. The van der Waals surface area contributed by atoms with Gasteiger partial charge in [-0.1, -0.05) is 64.7 Å². The van der Waals surface area contributed by atoms with Crippen molar-refractivity contribution in [3.05, 3.63) is 18.2 Å². The van der Waals surface area contributed by atoms with Gasteiger partial charge in [0.15, 0.2) is 5.82 Å². The molecule has 0 unspecified atom stereocenters. The van der Waals surface area contributed by atoms with Crippen LogP contribution in [0.15, 0.2) is 12.4 Å². The smallest absolute Gasteiger partial charge is 0.287 e. The number of rotatable bonds is 12. The zero-order chi connectivity index (χ0) is 14.5.